The van der Waals surface area contributed by atoms with Gasteiger partial charge in [0.1, 0.15) is 11.9 Å². The maximum atomic E-state index is 13.2. The van der Waals surface area contributed by atoms with Gasteiger partial charge in [-0.3, -0.25) is 14.6 Å². The molecule has 4 rings (SSSR count). The Morgan fingerprint density at radius 3 is 2.31 bits per heavy atom. The smallest absolute Gasteiger partial charge is 0.257 e. The second-order valence-electron chi connectivity index (χ2n) is 8.54. The van der Waals surface area contributed by atoms with E-state index in [2.05, 4.69) is 4.98 Å². The number of piperidine rings is 2. The molecule has 0 radical (unpaired) electrons. The molecule has 2 saturated heterocycles. The molecule has 32 heavy (non-hydrogen) atoms. The number of methoxy groups -OCH3 is 1. The third-order valence-electron chi connectivity index (χ3n) is 6.35. The van der Waals surface area contributed by atoms with Gasteiger partial charge in [0.25, 0.3) is 11.8 Å². The number of para-hydroxylation sites is 1. The number of carbonyl (C=O) groups is 2. The average molecular weight is 438 g/mol. The lowest BCUT2D eigenvalue weighted by Crippen LogP contribution is -2.42. The summed E-state index contributed by atoms with van der Waals surface area (Å²) in [7, 11) is 1.73. The SMILES string of the molecule is COCC1CCN(C(=O)c2ccccc2OC2CCN(C(=O)c3cccnc3)CC2)CC1. The van der Waals surface area contributed by atoms with Crippen molar-refractivity contribution in [2.45, 2.75) is 31.8 Å². The molecule has 170 valence electrons. The minimum atomic E-state index is -0.0191. The quantitative estimate of drug-likeness (QED) is 0.694. The molecule has 0 N–H and O–H groups in total. The van der Waals surface area contributed by atoms with E-state index in [0.29, 0.717) is 35.9 Å². The summed E-state index contributed by atoms with van der Waals surface area (Å²) >= 11 is 0. The Morgan fingerprint density at radius 1 is 0.938 bits per heavy atom. The Bertz CT molecular complexity index is 904. The molecule has 1 aromatic heterocycles. The lowest BCUT2D eigenvalue weighted by molar-refractivity contribution is 0.0572. The number of nitrogens with zero attached hydrogens (tertiary/aromatic N) is 3. The monoisotopic (exact) mass is 437 g/mol. The molecule has 0 unspecified atom stereocenters. The van der Waals surface area contributed by atoms with Gasteiger partial charge in [-0.25, -0.2) is 0 Å². The maximum Gasteiger partial charge on any atom is 0.257 e. The van der Waals surface area contributed by atoms with Crippen LogP contribution >= 0.6 is 0 Å². The van der Waals surface area contributed by atoms with Crippen LogP contribution in [0.2, 0.25) is 0 Å². The van der Waals surface area contributed by atoms with E-state index >= 15 is 0 Å². The Balaban J connectivity index is 1.34. The van der Waals surface area contributed by atoms with Gasteiger partial charge < -0.3 is 19.3 Å². The predicted octanol–water partition coefficient (Wildman–Crippen LogP) is 3.26. The lowest BCUT2D eigenvalue weighted by Gasteiger charge is -2.34. The molecule has 2 aliphatic rings. The molecule has 2 aromatic rings. The highest BCUT2D eigenvalue weighted by molar-refractivity contribution is 5.97. The third kappa shape index (κ3) is 5.27. The standard InChI is InChI=1S/C25H31N3O4/c1-31-18-19-8-13-28(14-9-19)25(30)22-6-2-3-7-23(22)32-21-10-15-27(16-11-21)24(29)20-5-4-12-26-17-20/h2-7,12,17,19,21H,8-11,13-16,18H2,1H3. The van der Waals surface area contributed by atoms with Gasteiger partial charge in [0.15, 0.2) is 0 Å². The van der Waals surface area contributed by atoms with Crippen LogP contribution < -0.4 is 4.74 Å². The van der Waals surface area contributed by atoms with Gasteiger partial charge in [0.2, 0.25) is 0 Å². The number of aromatic nitrogens is 1. The molecule has 7 nitrogen and oxygen atoms in total. The zero-order valence-corrected chi connectivity index (χ0v) is 18.6. The number of likely N-dealkylation sites (tertiary alicyclic amines) is 2. The van der Waals surface area contributed by atoms with Crippen molar-refractivity contribution in [1.29, 1.82) is 0 Å². The van der Waals surface area contributed by atoms with Crippen molar-refractivity contribution in [3.05, 3.63) is 59.9 Å². The van der Waals surface area contributed by atoms with Gasteiger partial charge in [-0.2, -0.15) is 0 Å². The molecular formula is C25H31N3O4. The van der Waals surface area contributed by atoms with Crippen LogP contribution in [0.15, 0.2) is 48.8 Å². The second kappa shape index (κ2) is 10.6. The van der Waals surface area contributed by atoms with E-state index in [1.807, 2.05) is 34.1 Å². The Labute approximate surface area is 189 Å². The minimum absolute atomic E-state index is 0.00371. The number of carbonyl (C=O) groups excluding carboxylic acids is 2. The summed E-state index contributed by atoms with van der Waals surface area (Å²) in [6.45, 7) is 3.50. The van der Waals surface area contributed by atoms with Crippen molar-refractivity contribution < 1.29 is 19.1 Å². The van der Waals surface area contributed by atoms with Crippen LogP contribution in [0.1, 0.15) is 46.4 Å². The predicted molar refractivity (Wildman–Crippen MR) is 121 cm³/mol. The molecule has 3 heterocycles. The van der Waals surface area contributed by atoms with E-state index < -0.39 is 0 Å². The van der Waals surface area contributed by atoms with Crippen LogP contribution in [0.5, 0.6) is 5.75 Å². The van der Waals surface area contributed by atoms with E-state index in [1.54, 1.807) is 31.6 Å². The number of ether oxygens (including phenoxy) is 2. The summed E-state index contributed by atoms with van der Waals surface area (Å²) in [5.74, 6) is 1.19. The molecule has 0 aliphatic carbocycles. The van der Waals surface area contributed by atoms with Crippen molar-refractivity contribution in [2.75, 3.05) is 39.9 Å². The second-order valence-corrected chi connectivity index (χ2v) is 8.54. The summed E-state index contributed by atoms with van der Waals surface area (Å²) in [4.78, 5) is 33.6. The summed E-state index contributed by atoms with van der Waals surface area (Å²) in [6.07, 6.45) is 6.64. The molecule has 1 aromatic carbocycles. The van der Waals surface area contributed by atoms with Crippen molar-refractivity contribution in [1.82, 2.24) is 14.8 Å². The Morgan fingerprint density at radius 2 is 1.62 bits per heavy atom. The highest BCUT2D eigenvalue weighted by atomic mass is 16.5. The molecule has 0 atom stereocenters. The molecule has 2 fully saturated rings. The number of hydrogen-bond acceptors (Lipinski definition) is 5. The topological polar surface area (TPSA) is 72.0 Å². The fourth-order valence-corrected chi connectivity index (χ4v) is 4.48. The van der Waals surface area contributed by atoms with E-state index in [1.165, 1.54) is 0 Å². The van der Waals surface area contributed by atoms with Crippen LogP contribution in [0.4, 0.5) is 0 Å². The summed E-state index contributed by atoms with van der Waals surface area (Å²) in [6, 6.07) is 11.1. The number of pyridine rings is 1. The lowest BCUT2D eigenvalue weighted by atomic mass is 9.97. The number of rotatable bonds is 6. The average Bonchev–Trinajstić information content (AvgIpc) is 2.85. The van der Waals surface area contributed by atoms with Gasteiger partial charge in [0.05, 0.1) is 11.1 Å². The molecule has 2 aliphatic heterocycles. The zero-order valence-electron chi connectivity index (χ0n) is 18.6. The molecule has 7 heteroatoms. The van der Waals surface area contributed by atoms with Crippen molar-refractivity contribution >= 4 is 11.8 Å². The Hall–Kier alpha value is -2.93. The first kappa shape index (κ1) is 22.3. The highest BCUT2D eigenvalue weighted by Crippen LogP contribution is 2.27. The first-order valence-electron chi connectivity index (χ1n) is 11.4. The Kier molecular flexibility index (Phi) is 7.37. The number of amides is 2. The van der Waals surface area contributed by atoms with Gasteiger partial charge >= 0.3 is 0 Å². The fraction of sp³-hybridized carbons (Fsp3) is 0.480. The van der Waals surface area contributed by atoms with Crippen LogP contribution in [0, 0.1) is 5.92 Å². The summed E-state index contributed by atoms with van der Waals surface area (Å²) < 4.78 is 11.5. The molecule has 0 spiro atoms. The number of hydrogen-bond donors (Lipinski definition) is 0. The van der Waals surface area contributed by atoms with Crippen LogP contribution in [-0.4, -0.2) is 72.6 Å². The molecule has 0 saturated carbocycles. The van der Waals surface area contributed by atoms with Crippen LogP contribution in [0.3, 0.4) is 0 Å². The van der Waals surface area contributed by atoms with E-state index in [9.17, 15) is 9.59 Å². The summed E-state index contributed by atoms with van der Waals surface area (Å²) in [5, 5.41) is 0. The van der Waals surface area contributed by atoms with Gasteiger partial charge in [-0.1, -0.05) is 12.1 Å². The first-order chi connectivity index (χ1) is 15.7. The van der Waals surface area contributed by atoms with Crippen LogP contribution in [-0.2, 0) is 4.74 Å². The molecular weight excluding hydrogens is 406 g/mol. The minimum Gasteiger partial charge on any atom is -0.489 e. The fourth-order valence-electron chi connectivity index (χ4n) is 4.48. The molecule has 2 amide bonds. The normalized spacial score (nSPS) is 17.9. The largest absolute Gasteiger partial charge is 0.489 e. The van der Waals surface area contributed by atoms with E-state index in [0.717, 1.165) is 45.4 Å². The van der Waals surface area contributed by atoms with Crippen molar-refractivity contribution in [3.63, 3.8) is 0 Å². The third-order valence-corrected chi connectivity index (χ3v) is 6.35. The highest BCUT2D eigenvalue weighted by Gasteiger charge is 2.28. The van der Waals surface area contributed by atoms with E-state index in [-0.39, 0.29) is 17.9 Å². The van der Waals surface area contributed by atoms with Gasteiger partial charge in [-0.05, 0) is 43.0 Å². The van der Waals surface area contributed by atoms with Crippen molar-refractivity contribution in [2.24, 2.45) is 5.92 Å². The summed E-state index contributed by atoms with van der Waals surface area (Å²) in [5.41, 5.74) is 1.23. The van der Waals surface area contributed by atoms with E-state index in [4.69, 9.17) is 9.47 Å². The van der Waals surface area contributed by atoms with Gasteiger partial charge in [-0.15, -0.1) is 0 Å². The van der Waals surface area contributed by atoms with Gasteiger partial charge in [0, 0.05) is 65.1 Å². The number of benzene rings is 1. The molecule has 0 bridgehead atoms. The zero-order chi connectivity index (χ0) is 22.3. The van der Waals surface area contributed by atoms with Crippen molar-refractivity contribution in [3.8, 4) is 5.75 Å². The maximum absolute atomic E-state index is 13.2. The van der Waals surface area contributed by atoms with Crippen LogP contribution in [0.25, 0.3) is 0 Å². The first-order valence-corrected chi connectivity index (χ1v) is 11.4.